The Morgan fingerprint density at radius 1 is 1.19 bits per heavy atom. The summed E-state index contributed by atoms with van der Waals surface area (Å²) in [6, 6.07) is 12.4. The first-order valence-corrected chi connectivity index (χ1v) is 12.9. The van der Waals surface area contributed by atoms with Crippen LogP contribution in [0.2, 0.25) is 0 Å². The molecule has 10 heteroatoms. The van der Waals surface area contributed by atoms with E-state index in [1.807, 2.05) is 26.8 Å². The number of benzene rings is 1. The number of aromatic amines is 1. The molecule has 0 saturated carbocycles. The van der Waals surface area contributed by atoms with E-state index in [0.717, 1.165) is 22.3 Å². The van der Waals surface area contributed by atoms with Crippen LogP contribution in [-0.4, -0.2) is 31.1 Å². The average Bonchev–Trinajstić information content (AvgIpc) is 3.27. The highest BCUT2D eigenvalue weighted by atomic mass is 32.2. The number of nitrogens with zero attached hydrogens (tertiary/aromatic N) is 2. The molecule has 1 aromatic carbocycles. The molecule has 3 heterocycles. The molecule has 1 unspecified atom stereocenters. The molecule has 9 nitrogen and oxygen atoms in total. The Morgan fingerprint density at radius 2 is 1.92 bits per heavy atom. The molecule has 0 radical (unpaired) electrons. The topological polar surface area (TPSA) is 129 Å². The van der Waals surface area contributed by atoms with E-state index in [-0.39, 0.29) is 23.9 Å². The first-order chi connectivity index (χ1) is 17.2. The summed E-state index contributed by atoms with van der Waals surface area (Å²) in [5.74, 6) is 0.203. The zero-order valence-corrected chi connectivity index (χ0v) is 21.5. The smallest absolute Gasteiger partial charge is 0.268 e. The van der Waals surface area contributed by atoms with Crippen LogP contribution in [0.3, 0.4) is 0 Å². The number of carbonyl (C=O) groups excluding carboxylic acids is 1. The number of carbonyl (C=O) groups is 1. The number of hydrogen-bond acceptors (Lipinski definition) is 6. The maximum Gasteiger partial charge on any atom is 0.268 e. The van der Waals surface area contributed by atoms with E-state index in [1.165, 1.54) is 0 Å². The quantitative estimate of drug-likeness (QED) is 0.267. The Hall–Kier alpha value is -3.92. The molecule has 1 amide bonds. The minimum absolute atomic E-state index is 0.00746. The number of hydrogen-bond donors (Lipinski definition) is 4. The lowest BCUT2D eigenvalue weighted by molar-refractivity contribution is 0.0944. The van der Waals surface area contributed by atoms with Crippen LogP contribution in [0, 0.1) is 11.7 Å². The van der Waals surface area contributed by atoms with Crippen molar-refractivity contribution in [2.75, 3.05) is 6.61 Å². The van der Waals surface area contributed by atoms with Crippen molar-refractivity contribution >= 4 is 22.0 Å². The third-order valence-electron chi connectivity index (χ3n) is 5.85. The Bertz CT molecular complexity index is 1560. The van der Waals surface area contributed by atoms with Crippen molar-refractivity contribution in [1.29, 1.82) is 4.78 Å². The largest absolute Gasteiger partial charge is 0.493 e. The Morgan fingerprint density at radius 3 is 2.56 bits per heavy atom. The van der Waals surface area contributed by atoms with Crippen LogP contribution < -0.4 is 15.6 Å². The predicted molar refractivity (Wildman–Crippen MR) is 139 cm³/mol. The summed E-state index contributed by atoms with van der Waals surface area (Å²) in [5, 5.41) is 2.86. The van der Waals surface area contributed by atoms with Gasteiger partial charge in [0.25, 0.3) is 11.5 Å². The van der Waals surface area contributed by atoms with E-state index in [9.17, 15) is 13.8 Å². The van der Waals surface area contributed by atoms with Crippen LogP contribution in [-0.2, 0) is 17.1 Å². The van der Waals surface area contributed by atoms with Gasteiger partial charge in [0.15, 0.2) is 0 Å². The van der Waals surface area contributed by atoms with E-state index >= 15 is 0 Å². The lowest BCUT2D eigenvalue weighted by atomic mass is 10.0. The molecule has 0 fully saturated rings. The summed E-state index contributed by atoms with van der Waals surface area (Å²) in [6.07, 6.45) is 1.63. The maximum atomic E-state index is 13.4. The van der Waals surface area contributed by atoms with Crippen LogP contribution >= 0.6 is 0 Å². The van der Waals surface area contributed by atoms with Crippen molar-refractivity contribution in [3.05, 3.63) is 81.8 Å². The minimum Gasteiger partial charge on any atom is -0.493 e. The molecule has 188 valence electrons. The summed E-state index contributed by atoms with van der Waals surface area (Å²) in [7, 11) is -2.18. The fraction of sp³-hybridized carbons (Fsp3) is 0.269. The number of amides is 1. The van der Waals surface area contributed by atoms with Gasteiger partial charge in [-0.2, -0.15) is 0 Å². The summed E-state index contributed by atoms with van der Waals surface area (Å²) in [6.45, 7) is 8.07. The fourth-order valence-corrected chi connectivity index (χ4v) is 4.51. The first kappa shape index (κ1) is 25.2. The van der Waals surface area contributed by atoms with Gasteiger partial charge in [-0.25, -0.2) is 9.19 Å². The number of H-pyrrole nitrogens is 1. The molecular formula is C26H29N5O4S. The highest BCUT2D eigenvalue weighted by Crippen LogP contribution is 2.28. The number of rotatable bonds is 8. The van der Waals surface area contributed by atoms with Gasteiger partial charge in [-0.15, -0.1) is 0 Å². The van der Waals surface area contributed by atoms with Crippen molar-refractivity contribution in [1.82, 2.24) is 19.7 Å². The standard InChI is InChI=1S/C26H29N5O4S/c1-5-35-23-10-16(4)30-25(32)20(23)13-28-26(33)22-12-18(17-6-8-19(9-7-17)36(27)34)11-21-24(15(2)3)29-14-31(21)22/h6-12,14-15,27,36H,5,13H2,1-4H3,(H,28,33)(H,30,32). The third kappa shape index (κ3) is 5.03. The van der Waals surface area contributed by atoms with Crippen LogP contribution in [0.5, 0.6) is 5.75 Å². The number of thiol groups is 1. The normalized spacial score (nSPS) is 12.1. The van der Waals surface area contributed by atoms with Crippen LogP contribution in [0.4, 0.5) is 0 Å². The molecule has 0 aliphatic rings. The van der Waals surface area contributed by atoms with E-state index in [2.05, 4.69) is 15.3 Å². The molecular weight excluding hydrogens is 478 g/mol. The van der Waals surface area contributed by atoms with Gasteiger partial charge in [0.1, 0.15) is 17.8 Å². The highest BCUT2D eigenvalue weighted by Gasteiger charge is 2.19. The van der Waals surface area contributed by atoms with Gasteiger partial charge in [-0.1, -0.05) is 26.0 Å². The molecule has 3 N–H and O–H groups in total. The van der Waals surface area contributed by atoms with E-state index in [4.69, 9.17) is 9.52 Å². The predicted octanol–water partition coefficient (Wildman–Crippen LogP) is 4.05. The number of pyridine rings is 2. The highest BCUT2D eigenvalue weighted by molar-refractivity contribution is 7.73. The van der Waals surface area contributed by atoms with E-state index in [0.29, 0.717) is 34.2 Å². The number of imidazole rings is 1. The molecule has 3 aromatic heterocycles. The molecule has 0 spiro atoms. The van der Waals surface area contributed by atoms with E-state index < -0.39 is 10.6 Å². The summed E-state index contributed by atoms with van der Waals surface area (Å²) < 4.78 is 26.3. The average molecular weight is 508 g/mol. The maximum absolute atomic E-state index is 13.4. The second kappa shape index (κ2) is 10.4. The summed E-state index contributed by atoms with van der Waals surface area (Å²) >= 11 is 0. The minimum atomic E-state index is -2.18. The molecule has 4 aromatic rings. The third-order valence-corrected chi connectivity index (χ3v) is 6.62. The number of fused-ring (bicyclic) bond motifs is 1. The van der Waals surface area contributed by atoms with Crippen molar-refractivity contribution in [3.63, 3.8) is 0 Å². The molecule has 4 rings (SSSR count). The lowest BCUT2D eigenvalue weighted by Crippen LogP contribution is -2.29. The molecule has 36 heavy (non-hydrogen) atoms. The second-order valence-electron chi connectivity index (χ2n) is 8.75. The van der Waals surface area contributed by atoms with Gasteiger partial charge in [0, 0.05) is 10.6 Å². The number of aryl methyl sites for hydroxylation is 1. The Labute approximate surface area is 210 Å². The van der Waals surface area contributed by atoms with Crippen molar-refractivity contribution in [2.45, 2.75) is 45.1 Å². The van der Waals surface area contributed by atoms with Crippen molar-refractivity contribution in [3.8, 4) is 16.9 Å². The van der Waals surface area contributed by atoms with Gasteiger partial charge in [0.05, 0.1) is 40.5 Å². The lowest BCUT2D eigenvalue weighted by Gasteiger charge is -2.13. The summed E-state index contributed by atoms with van der Waals surface area (Å²) in [5.41, 5.74) is 4.32. The van der Waals surface area contributed by atoms with E-state index in [1.54, 1.807) is 54.0 Å². The zero-order chi connectivity index (χ0) is 26.0. The van der Waals surface area contributed by atoms with Crippen molar-refractivity contribution in [2.24, 2.45) is 0 Å². The molecule has 1 atom stereocenters. The first-order valence-electron chi connectivity index (χ1n) is 11.6. The van der Waals surface area contributed by atoms with Gasteiger partial charge < -0.3 is 15.0 Å². The Kier molecular flexibility index (Phi) is 7.25. The van der Waals surface area contributed by atoms with Crippen molar-refractivity contribution < 1.29 is 13.7 Å². The molecule has 0 aliphatic carbocycles. The van der Waals surface area contributed by atoms with Crippen LogP contribution in [0.1, 0.15) is 54.1 Å². The SMILES string of the molecule is CCOc1cc(C)[nH]c(=O)c1CNC(=O)c1cc(-c2ccc([SH](=N)=O)cc2)cc2c(C(C)C)ncn12. The molecule has 0 bridgehead atoms. The molecule has 0 aliphatic heterocycles. The fourth-order valence-electron chi connectivity index (χ4n) is 4.09. The second-order valence-corrected chi connectivity index (χ2v) is 9.86. The summed E-state index contributed by atoms with van der Waals surface area (Å²) in [4.78, 5) is 33.7. The number of ether oxygens (including phenoxy) is 1. The van der Waals surface area contributed by atoms with Crippen LogP contribution in [0.25, 0.3) is 16.6 Å². The van der Waals surface area contributed by atoms with Crippen LogP contribution in [0.15, 0.2) is 58.5 Å². The number of aromatic nitrogens is 3. The zero-order valence-electron chi connectivity index (χ0n) is 20.6. The number of nitrogens with one attached hydrogen (secondary N) is 3. The van der Waals surface area contributed by atoms with Gasteiger partial charge in [0.2, 0.25) is 0 Å². The van der Waals surface area contributed by atoms with Gasteiger partial charge in [-0.3, -0.25) is 18.8 Å². The van der Waals surface area contributed by atoms with Gasteiger partial charge >= 0.3 is 0 Å². The monoisotopic (exact) mass is 507 g/mol. The van der Waals surface area contributed by atoms with Gasteiger partial charge in [-0.05, 0) is 61.2 Å². The Balaban J connectivity index is 1.75. The molecule has 0 saturated heterocycles.